The monoisotopic (exact) mass is 482 g/mol. The van der Waals surface area contributed by atoms with Crippen LogP contribution in [0.5, 0.6) is 0 Å². The standard InChI is InChI=1S/C21H27BrN2O4S/c1-17(2)28-14-6-13-23-21(25)16-24(15-18-7-4-3-5-8-18)29(26,27)20-11-9-19(22)10-12-20/h3-5,7-12,17H,6,13-16H2,1-2H3,(H,23,25). The Balaban J connectivity index is 2.09. The van der Waals surface area contributed by atoms with Crippen LogP contribution in [0.15, 0.2) is 64.0 Å². The molecule has 1 N–H and O–H groups in total. The molecule has 0 saturated carbocycles. The van der Waals surface area contributed by atoms with Crippen molar-refractivity contribution >= 4 is 31.9 Å². The van der Waals surface area contributed by atoms with Gasteiger partial charge in [0.1, 0.15) is 0 Å². The maximum atomic E-state index is 13.1. The lowest BCUT2D eigenvalue weighted by atomic mass is 10.2. The fourth-order valence-corrected chi connectivity index (χ4v) is 4.25. The highest BCUT2D eigenvalue weighted by atomic mass is 79.9. The van der Waals surface area contributed by atoms with Gasteiger partial charge in [-0.05, 0) is 50.1 Å². The number of rotatable bonds is 11. The van der Waals surface area contributed by atoms with Crippen LogP contribution in [0.2, 0.25) is 0 Å². The number of halogens is 1. The van der Waals surface area contributed by atoms with Crippen LogP contribution in [0.1, 0.15) is 25.8 Å². The predicted molar refractivity (Wildman–Crippen MR) is 117 cm³/mol. The third-order valence-electron chi connectivity index (χ3n) is 4.07. The van der Waals surface area contributed by atoms with Gasteiger partial charge in [-0.2, -0.15) is 4.31 Å². The Hall–Kier alpha value is -1.74. The van der Waals surface area contributed by atoms with E-state index in [4.69, 9.17) is 4.74 Å². The molecule has 8 heteroatoms. The minimum absolute atomic E-state index is 0.114. The highest BCUT2D eigenvalue weighted by molar-refractivity contribution is 9.10. The molecule has 2 aromatic carbocycles. The molecule has 6 nitrogen and oxygen atoms in total. The Morgan fingerprint density at radius 3 is 2.38 bits per heavy atom. The highest BCUT2D eigenvalue weighted by Crippen LogP contribution is 2.20. The molecule has 0 aromatic heterocycles. The van der Waals surface area contributed by atoms with Crippen LogP contribution in [0.3, 0.4) is 0 Å². The molecule has 158 valence electrons. The molecule has 0 fully saturated rings. The Kier molecular flexibility index (Phi) is 9.29. The van der Waals surface area contributed by atoms with Crippen LogP contribution in [0, 0.1) is 0 Å². The second-order valence-corrected chi connectivity index (χ2v) is 9.69. The first kappa shape index (κ1) is 23.5. The summed E-state index contributed by atoms with van der Waals surface area (Å²) in [7, 11) is -3.83. The topological polar surface area (TPSA) is 75.7 Å². The van der Waals surface area contributed by atoms with Crippen LogP contribution < -0.4 is 5.32 Å². The molecular formula is C21H27BrN2O4S. The van der Waals surface area contributed by atoms with E-state index in [1.54, 1.807) is 12.1 Å². The quantitative estimate of drug-likeness (QED) is 0.496. The maximum absolute atomic E-state index is 13.1. The van der Waals surface area contributed by atoms with Crippen LogP contribution >= 0.6 is 15.9 Å². The average Bonchev–Trinajstić information content (AvgIpc) is 2.68. The third-order valence-corrected chi connectivity index (χ3v) is 6.40. The largest absolute Gasteiger partial charge is 0.379 e. The Morgan fingerprint density at radius 1 is 1.10 bits per heavy atom. The number of nitrogens with one attached hydrogen (secondary N) is 1. The van der Waals surface area contributed by atoms with E-state index >= 15 is 0 Å². The minimum atomic E-state index is -3.83. The van der Waals surface area contributed by atoms with Gasteiger partial charge in [0.05, 0.1) is 17.5 Å². The lowest BCUT2D eigenvalue weighted by molar-refractivity contribution is -0.121. The normalized spacial score (nSPS) is 11.8. The maximum Gasteiger partial charge on any atom is 0.243 e. The minimum Gasteiger partial charge on any atom is -0.379 e. The molecule has 0 aliphatic carbocycles. The SMILES string of the molecule is CC(C)OCCCNC(=O)CN(Cc1ccccc1)S(=O)(=O)c1ccc(Br)cc1. The molecule has 0 atom stereocenters. The molecule has 29 heavy (non-hydrogen) atoms. The first-order valence-electron chi connectivity index (χ1n) is 9.47. The van der Waals surface area contributed by atoms with Crippen molar-refractivity contribution < 1.29 is 17.9 Å². The number of nitrogens with zero attached hydrogens (tertiary/aromatic N) is 1. The molecule has 0 saturated heterocycles. The van der Waals surface area contributed by atoms with Gasteiger partial charge in [-0.1, -0.05) is 46.3 Å². The molecule has 2 aromatic rings. The second-order valence-electron chi connectivity index (χ2n) is 6.84. The van der Waals surface area contributed by atoms with E-state index in [1.165, 1.54) is 16.4 Å². The van der Waals surface area contributed by atoms with Crippen LogP contribution in [0.25, 0.3) is 0 Å². The van der Waals surface area contributed by atoms with Crippen molar-refractivity contribution in [2.45, 2.75) is 37.8 Å². The fourth-order valence-electron chi connectivity index (χ4n) is 2.60. The lowest BCUT2D eigenvalue weighted by Crippen LogP contribution is -2.40. The molecule has 0 unspecified atom stereocenters. The summed E-state index contributed by atoms with van der Waals surface area (Å²) >= 11 is 3.31. The molecular weight excluding hydrogens is 456 g/mol. The van der Waals surface area contributed by atoms with E-state index in [0.29, 0.717) is 19.6 Å². The summed E-state index contributed by atoms with van der Waals surface area (Å²) in [4.78, 5) is 12.6. The molecule has 2 rings (SSSR count). The number of hydrogen-bond donors (Lipinski definition) is 1. The van der Waals surface area contributed by atoms with Gasteiger partial charge in [-0.15, -0.1) is 0 Å². The summed E-state index contributed by atoms with van der Waals surface area (Å²) in [6.07, 6.45) is 0.810. The summed E-state index contributed by atoms with van der Waals surface area (Å²) in [5.41, 5.74) is 0.811. The first-order chi connectivity index (χ1) is 13.8. The van der Waals surface area contributed by atoms with Gasteiger partial charge in [-0.25, -0.2) is 8.42 Å². The van der Waals surface area contributed by atoms with Crippen molar-refractivity contribution in [1.82, 2.24) is 9.62 Å². The summed E-state index contributed by atoms with van der Waals surface area (Å²) in [6.45, 7) is 4.74. The van der Waals surface area contributed by atoms with Gasteiger partial charge >= 0.3 is 0 Å². The zero-order chi connectivity index (χ0) is 21.3. The van der Waals surface area contributed by atoms with Crippen molar-refractivity contribution in [2.24, 2.45) is 0 Å². The predicted octanol–water partition coefficient (Wildman–Crippen LogP) is 3.57. The van der Waals surface area contributed by atoms with Crippen LogP contribution in [0.4, 0.5) is 0 Å². The van der Waals surface area contributed by atoms with Gasteiger partial charge in [0, 0.05) is 24.2 Å². The molecule has 0 aliphatic rings. The Bertz CT molecular complexity index is 871. The Labute approximate surface area is 181 Å². The molecule has 0 radical (unpaired) electrons. The second kappa shape index (κ2) is 11.4. The Morgan fingerprint density at radius 2 is 1.76 bits per heavy atom. The van der Waals surface area contributed by atoms with Crippen molar-refractivity contribution in [3.8, 4) is 0 Å². The summed E-state index contributed by atoms with van der Waals surface area (Å²) in [5, 5.41) is 2.77. The molecule has 0 spiro atoms. The highest BCUT2D eigenvalue weighted by Gasteiger charge is 2.26. The van der Waals surface area contributed by atoms with Crippen molar-refractivity contribution in [1.29, 1.82) is 0 Å². The number of amides is 1. The third kappa shape index (κ3) is 7.89. The van der Waals surface area contributed by atoms with Crippen molar-refractivity contribution in [3.63, 3.8) is 0 Å². The number of benzene rings is 2. The van der Waals surface area contributed by atoms with E-state index in [-0.39, 0.29) is 30.0 Å². The number of carbonyl (C=O) groups excluding carboxylic acids is 1. The first-order valence-corrected chi connectivity index (χ1v) is 11.7. The van der Waals surface area contributed by atoms with Gasteiger partial charge in [0.25, 0.3) is 0 Å². The van der Waals surface area contributed by atoms with E-state index in [9.17, 15) is 13.2 Å². The van der Waals surface area contributed by atoms with E-state index in [0.717, 1.165) is 10.0 Å². The summed E-state index contributed by atoms with van der Waals surface area (Å²) in [6, 6.07) is 15.6. The zero-order valence-corrected chi connectivity index (χ0v) is 19.1. The van der Waals surface area contributed by atoms with Gasteiger partial charge in [-0.3, -0.25) is 4.79 Å². The van der Waals surface area contributed by atoms with Gasteiger partial charge in [0.2, 0.25) is 15.9 Å². The molecule has 0 aliphatic heterocycles. The molecule has 0 heterocycles. The zero-order valence-electron chi connectivity index (χ0n) is 16.7. The number of hydrogen-bond acceptors (Lipinski definition) is 4. The van der Waals surface area contributed by atoms with Crippen LogP contribution in [-0.4, -0.2) is 44.4 Å². The van der Waals surface area contributed by atoms with Crippen molar-refractivity contribution in [3.05, 3.63) is 64.6 Å². The van der Waals surface area contributed by atoms with Gasteiger partial charge < -0.3 is 10.1 Å². The van der Waals surface area contributed by atoms with Gasteiger partial charge in [0.15, 0.2) is 0 Å². The van der Waals surface area contributed by atoms with Crippen molar-refractivity contribution in [2.75, 3.05) is 19.7 Å². The molecule has 1 amide bonds. The van der Waals surface area contributed by atoms with E-state index in [2.05, 4.69) is 21.2 Å². The molecule has 0 bridgehead atoms. The van der Waals surface area contributed by atoms with E-state index in [1.807, 2.05) is 44.2 Å². The summed E-state index contributed by atoms with van der Waals surface area (Å²) < 4.78 is 33.7. The van der Waals surface area contributed by atoms with E-state index < -0.39 is 10.0 Å². The summed E-state index contributed by atoms with van der Waals surface area (Å²) in [5.74, 6) is -0.342. The number of sulfonamides is 1. The number of ether oxygens (including phenoxy) is 1. The fraction of sp³-hybridized carbons (Fsp3) is 0.381. The smallest absolute Gasteiger partial charge is 0.243 e. The average molecular weight is 483 g/mol. The number of carbonyl (C=O) groups is 1. The van der Waals surface area contributed by atoms with Crippen LogP contribution in [-0.2, 0) is 26.1 Å². The lowest BCUT2D eigenvalue weighted by Gasteiger charge is -2.22.